The van der Waals surface area contributed by atoms with Gasteiger partial charge >= 0.3 is 6.09 Å². The molecule has 4 rings (SSSR count). The van der Waals surface area contributed by atoms with Crippen LogP contribution in [0.4, 0.5) is 4.79 Å². The van der Waals surface area contributed by atoms with Gasteiger partial charge in [0.1, 0.15) is 23.4 Å². The van der Waals surface area contributed by atoms with Crippen LogP contribution in [-0.2, 0) is 14.6 Å². The zero-order valence-corrected chi connectivity index (χ0v) is 20.5. The van der Waals surface area contributed by atoms with E-state index in [0.29, 0.717) is 22.6 Å². The summed E-state index contributed by atoms with van der Waals surface area (Å²) < 4.78 is 36.6. The molecule has 0 radical (unpaired) electrons. The number of hydrogen-bond donors (Lipinski definition) is 1. The first-order valence-corrected chi connectivity index (χ1v) is 13.0. The van der Waals surface area contributed by atoms with Crippen LogP contribution >= 0.6 is 0 Å². The Morgan fingerprint density at radius 3 is 2.38 bits per heavy atom. The Balaban J connectivity index is 1.42. The molecule has 0 aliphatic heterocycles. The molecule has 11 heteroatoms. The second kappa shape index (κ2) is 9.21. The maximum Gasteiger partial charge on any atom is 0.407 e. The quantitative estimate of drug-likeness (QED) is 0.580. The van der Waals surface area contributed by atoms with Gasteiger partial charge in [-0.1, -0.05) is 0 Å². The third-order valence-corrected chi connectivity index (χ3v) is 6.64. The van der Waals surface area contributed by atoms with E-state index >= 15 is 0 Å². The van der Waals surface area contributed by atoms with Crippen molar-refractivity contribution in [3.8, 4) is 11.6 Å². The molecule has 0 saturated heterocycles. The second-order valence-corrected chi connectivity index (χ2v) is 11.5. The van der Waals surface area contributed by atoms with Gasteiger partial charge in [-0.2, -0.15) is 5.10 Å². The molecule has 1 fully saturated rings. The van der Waals surface area contributed by atoms with E-state index in [4.69, 9.17) is 9.47 Å². The number of aromatic nitrogens is 4. The number of rotatable bonds is 5. The fourth-order valence-corrected chi connectivity index (χ4v) is 4.53. The minimum Gasteiger partial charge on any atom is -0.474 e. The van der Waals surface area contributed by atoms with Gasteiger partial charge in [0.2, 0.25) is 5.88 Å². The summed E-state index contributed by atoms with van der Waals surface area (Å²) in [6, 6.07) is 6.51. The van der Waals surface area contributed by atoms with Gasteiger partial charge in [0.05, 0.1) is 16.8 Å². The number of carbonyl (C=O) groups is 1. The van der Waals surface area contributed by atoms with Gasteiger partial charge in [0.15, 0.2) is 15.5 Å². The number of nitrogens with one attached hydrogen (secondary N) is 1. The number of carbonyl (C=O) groups excluding carboxylic acids is 1. The SMILES string of the molecule is CC(C)(C)OC(=O)NC1CCC(Oc2ncnc3c2cnn3-c2ccc(S(C)(=O)=O)cc2)CC1. The lowest BCUT2D eigenvalue weighted by Gasteiger charge is -2.30. The highest BCUT2D eigenvalue weighted by atomic mass is 32.2. The Hall–Kier alpha value is -3.21. The van der Waals surface area contributed by atoms with Gasteiger partial charge in [-0.05, 0) is 70.7 Å². The third kappa shape index (κ3) is 5.64. The van der Waals surface area contributed by atoms with Gasteiger partial charge < -0.3 is 14.8 Å². The average Bonchev–Trinajstić information content (AvgIpc) is 3.18. The van der Waals surface area contributed by atoms with E-state index in [9.17, 15) is 13.2 Å². The van der Waals surface area contributed by atoms with E-state index in [1.165, 1.54) is 12.6 Å². The fourth-order valence-electron chi connectivity index (χ4n) is 3.90. The van der Waals surface area contributed by atoms with Crippen molar-refractivity contribution >= 4 is 27.0 Å². The third-order valence-electron chi connectivity index (χ3n) is 5.51. The Bertz CT molecular complexity index is 1270. The summed E-state index contributed by atoms with van der Waals surface area (Å²) in [6.45, 7) is 5.52. The highest BCUT2D eigenvalue weighted by Gasteiger charge is 2.26. The first-order chi connectivity index (χ1) is 16.0. The van der Waals surface area contributed by atoms with E-state index in [0.717, 1.165) is 25.7 Å². The van der Waals surface area contributed by atoms with E-state index in [-0.39, 0.29) is 17.0 Å². The van der Waals surface area contributed by atoms with Crippen LogP contribution in [0.5, 0.6) is 5.88 Å². The van der Waals surface area contributed by atoms with Crippen molar-refractivity contribution in [3.05, 3.63) is 36.8 Å². The molecule has 0 spiro atoms. The molecule has 3 aromatic rings. The van der Waals surface area contributed by atoms with Gasteiger partial charge in [0.25, 0.3) is 0 Å². The molecule has 1 N–H and O–H groups in total. The van der Waals surface area contributed by atoms with E-state index < -0.39 is 21.5 Å². The summed E-state index contributed by atoms with van der Waals surface area (Å²) in [4.78, 5) is 20.9. The van der Waals surface area contributed by atoms with Crippen molar-refractivity contribution in [1.29, 1.82) is 0 Å². The molecule has 1 aliphatic rings. The van der Waals surface area contributed by atoms with E-state index in [2.05, 4.69) is 20.4 Å². The van der Waals surface area contributed by atoms with Crippen LogP contribution in [0.15, 0.2) is 41.7 Å². The molecule has 1 saturated carbocycles. The number of ether oxygens (including phenoxy) is 2. The van der Waals surface area contributed by atoms with Crippen molar-refractivity contribution in [3.63, 3.8) is 0 Å². The van der Waals surface area contributed by atoms with Crippen LogP contribution in [0.3, 0.4) is 0 Å². The van der Waals surface area contributed by atoms with Crippen LogP contribution in [0, 0.1) is 0 Å². The molecule has 0 unspecified atom stereocenters. The predicted molar refractivity (Wildman–Crippen MR) is 126 cm³/mol. The molecule has 10 nitrogen and oxygen atoms in total. The van der Waals surface area contributed by atoms with Gasteiger partial charge in [-0.25, -0.2) is 27.9 Å². The predicted octanol–water partition coefficient (Wildman–Crippen LogP) is 3.43. The number of sulfone groups is 1. The average molecular weight is 488 g/mol. The summed E-state index contributed by atoms with van der Waals surface area (Å²) in [5, 5.41) is 8.01. The fraction of sp³-hybridized carbons (Fsp3) is 0.478. The maximum absolute atomic E-state index is 12.0. The highest BCUT2D eigenvalue weighted by Crippen LogP contribution is 2.28. The number of alkyl carbamates (subject to hydrolysis) is 1. The summed E-state index contributed by atoms with van der Waals surface area (Å²) in [5.41, 5.74) is 0.723. The van der Waals surface area contributed by atoms with Crippen LogP contribution < -0.4 is 10.1 Å². The summed E-state index contributed by atoms with van der Waals surface area (Å²) >= 11 is 0. The minimum absolute atomic E-state index is 0.0350. The molecule has 2 aromatic heterocycles. The first-order valence-electron chi connectivity index (χ1n) is 11.1. The van der Waals surface area contributed by atoms with E-state index in [1.54, 1.807) is 35.1 Å². The molecule has 34 heavy (non-hydrogen) atoms. The van der Waals surface area contributed by atoms with Gasteiger partial charge in [-0.3, -0.25) is 0 Å². The number of hydrogen-bond acceptors (Lipinski definition) is 8. The van der Waals surface area contributed by atoms with Crippen molar-refractivity contribution in [2.75, 3.05) is 6.26 Å². The molecule has 1 amide bonds. The molecule has 1 aliphatic carbocycles. The smallest absolute Gasteiger partial charge is 0.407 e. The van der Waals surface area contributed by atoms with E-state index in [1.807, 2.05) is 20.8 Å². The van der Waals surface area contributed by atoms with Gasteiger partial charge in [-0.15, -0.1) is 0 Å². The van der Waals surface area contributed by atoms with Crippen LogP contribution in [0.1, 0.15) is 46.5 Å². The number of nitrogens with zero attached hydrogens (tertiary/aromatic N) is 4. The molecular formula is C23H29N5O5S. The Labute approximate surface area is 198 Å². The monoisotopic (exact) mass is 487 g/mol. The van der Waals surface area contributed by atoms with Crippen molar-refractivity contribution < 1.29 is 22.7 Å². The molecular weight excluding hydrogens is 458 g/mol. The minimum atomic E-state index is -3.28. The number of fused-ring (bicyclic) bond motifs is 1. The molecule has 2 heterocycles. The second-order valence-electron chi connectivity index (χ2n) is 9.48. The first kappa shape index (κ1) is 23.9. The van der Waals surface area contributed by atoms with Crippen LogP contribution in [0.2, 0.25) is 0 Å². The number of amides is 1. The lowest BCUT2D eigenvalue weighted by molar-refractivity contribution is 0.0470. The molecule has 1 aromatic carbocycles. The van der Waals surface area contributed by atoms with Gasteiger partial charge in [0, 0.05) is 12.3 Å². The van der Waals surface area contributed by atoms with Crippen molar-refractivity contribution in [1.82, 2.24) is 25.1 Å². The lowest BCUT2D eigenvalue weighted by Crippen LogP contribution is -2.42. The Morgan fingerprint density at radius 2 is 1.76 bits per heavy atom. The largest absolute Gasteiger partial charge is 0.474 e. The Morgan fingerprint density at radius 1 is 1.09 bits per heavy atom. The van der Waals surface area contributed by atoms with Crippen LogP contribution in [0.25, 0.3) is 16.7 Å². The zero-order chi connectivity index (χ0) is 24.5. The van der Waals surface area contributed by atoms with Crippen LogP contribution in [-0.4, -0.2) is 58.3 Å². The highest BCUT2D eigenvalue weighted by molar-refractivity contribution is 7.90. The molecule has 0 bridgehead atoms. The normalized spacial score (nSPS) is 19.1. The summed E-state index contributed by atoms with van der Waals surface area (Å²) in [6.07, 6.45) is 6.91. The summed E-state index contributed by atoms with van der Waals surface area (Å²) in [5.74, 6) is 0.451. The zero-order valence-electron chi connectivity index (χ0n) is 19.7. The number of benzene rings is 1. The summed E-state index contributed by atoms with van der Waals surface area (Å²) in [7, 11) is -3.28. The van der Waals surface area contributed by atoms with Crippen molar-refractivity contribution in [2.24, 2.45) is 0 Å². The Kier molecular flexibility index (Phi) is 6.48. The standard InChI is InChI=1S/C23H29N5O5S/c1-23(2,3)33-22(29)27-15-5-9-17(10-6-15)32-21-19-13-26-28(20(19)24-14-25-21)16-7-11-18(12-8-16)34(4,30)31/h7-8,11-15,17H,5-6,9-10H2,1-4H3,(H,27,29). The maximum atomic E-state index is 12.0. The molecule has 182 valence electrons. The molecule has 0 atom stereocenters. The topological polar surface area (TPSA) is 125 Å². The lowest BCUT2D eigenvalue weighted by atomic mass is 9.93. The van der Waals surface area contributed by atoms with Crippen molar-refractivity contribution in [2.45, 2.75) is 69.1 Å².